The zero-order valence-corrected chi connectivity index (χ0v) is 18.9. The maximum absolute atomic E-state index is 13.5. The van der Waals surface area contributed by atoms with E-state index >= 15 is 0 Å². The predicted octanol–water partition coefficient (Wildman–Crippen LogP) is 5.03. The molecule has 162 valence electrons. The molecule has 0 bridgehead atoms. The first-order chi connectivity index (χ1) is 14.9. The molecule has 0 unspecified atom stereocenters. The molecule has 6 heteroatoms. The highest BCUT2D eigenvalue weighted by Crippen LogP contribution is 2.38. The van der Waals surface area contributed by atoms with E-state index in [1.165, 1.54) is 0 Å². The number of amides is 1. The van der Waals surface area contributed by atoms with Gasteiger partial charge in [0.1, 0.15) is 5.58 Å². The van der Waals surface area contributed by atoms with Crippen LogP contribution in [0.2, 0.25) is 5.02 Å². The number of aryl methyl sites for hydroxylation is 1. The summed E-state index contributed by atoms with van der Waals surface area (Å²) in [6.45, 7) is 9.67. The molecular weight excluding hydrogens is 412 g/mol. The van der Waals surface area contributed by atoms with Crippen LogP contribution in [0.25, 0.3) is 11.0 Å². The van der Waals surface area contributed by atoms with Crippen LogP contribution in [0.5, 0.6) is 0 Å². The Kier molecular flexibility index (Phi) is 6.17. The average Bonchev–Trinajstić information content (AvgIpc) is 3.04. The number of halogens is 1. The molecule has 1 amide bonds. The molecule has 0 spiro atoms. The maximum Gasteiger partial charge on any atom is 0.290 e. The van der Waals surface area contributed by atoms with Crippen LogP contribution in [-0.2, 0) is 0 Å². The minimum absolute atomic E-state index is 0.147. The second-order valence-corrected chi connectivity index (χ2v) is 8.44. The van der Waals surface area contributed by atoms with E-state index < -0.39 is 6.04 Å². The molecule has 0 saturated carbocycles. The van der Waals surface area contributed by atoms with E-state index in [0.717, 1.165) is 37.2 Å². The molecular formula is C25H27ClN2O3. The largest absolute Gasteiger partial charge is 0.450 e. The minimum atomic E-state index is -0.459. The summed E-state index contributed by atoms with van der Waals surface area (Å²) in [5, 5.41) is 0.869. The third-order valence-corrected chi connectivity index (χ3v) is 6.32. The molecule has 1 atom stereocenters. The van der Waals surface area contributed by atoms with Gasteiger partial charge in [0.15, 0.2) is 5.43 Å². The van der Waals surface area contributed by atoms with E-state index in [1.54, 1.807) is 23.1 Å². The topological polar surface area (TPSA) is 53.8 Å². The van der Waals surface area contributed by atoms with Gasteiger partial charge in [0.05, 0.1) is 17.0 Å². The first-order valence-electron chi connectivity index (χ1n) is 10.8. The van der Waals surface area contributed by atoms with Gasteiger partial charge in [0, 0.05) is 11.6 Å². The number of rotatable bonds is 7. The summed E-state index contributed by atoms with van der Waals surface area (Å²) in [5.74, 6) is -0.0812. The first kappa shape index (κ1) is 21.6. The van der Waals surface area contributed by atoms with Crippen molar-refractivity contribution in [1.82, 2.24) is 9.80 Å². The Morgan fingerprint density at radius 1 is 1.06 bits per heavy atom. The average molecular weight is 439 g/mol. The van der Waals surface area contributed by atoms with Crippen molar-refractivity contribution in [2.24, 2.45) is 0 Å². The molecule has 0 fully saturated rings. The van der Waals surface area contributed by atoms with Gasteiger partial charge in [0.25, 0.3) is 5.91 Å². The Bertz CT molecular complexity index is 1170. The number of hydrogen-bond acceptors (Lipinski definition) is 4. The van der Waals surface area contributed by atoms with E-state index in [4.69, 9.17) is 16.0 Å². The summed E-state index contributed by atoms with van der Waals surface area (Å²) in [6, 6.07) is 12.5. The van der Waals surface area contributed by atoms with Crippen LogP contribution in [-0.4, -0.2) is 41.9 Å². The molecule has 4 rings (SSSR count). The van der Waals surface area contributed by atoms with Crippen molar-refractivity contribution in [2.45, 2.75) is 33.2 Å². The van der Waals surface area contributed by atoms with Crippen LogP contribution in [0.1, 0.15) is 53.6 Å². The van der Waals surface area contributed by atoms with Gasteiger partial charge in [-0.3, -0.25) is 9.59 Å². The summed E-state index contributed by atoms with van der Waals surface area (Å²) in [5.41, 5.74) is 2.64. The number of nitrogens with zero attached hydrogens (tertiary/aromatic N) is 2. The van der Waals surface area contributed by atoms with E-state index in [1.807, 2.05) is 31.2 Å². The molecule has 2 aromatic carbocycles. The SMILES string of the molecule is CCN(CC)CCCN1C(=O)c2oc3ccc(Cl)cc3c(=O)c2[C@@H]1c1ccc(C)cc1. The van der Waals surface area contributed by atoms with Crippen molar-refractivity contribution < 1.29 is 9.21 Å². The second-order valence-electron chi connectivity index (χ2n) is 8.01. The highest BCUT2D eigenvalue weighted by molar-refractivity contribution is 6.31. The van der Waals surface area contributed by atoms with Crippen molar-refractivity contribution in [3.63, 3.8) is 0 Å². The summed E-state index contributed by atoms with van der Waals surface area (Å²) in [6.07, 6.45) is 0.823. The van der Waals surface area contributed by atoms with E-state index in [-0.39, 0.29) is 17.1 Å². The lowest BCUT2D eigenvalue weighted by Crippen LogP contribution is -2.33. The Balaban J connectivity index is 1.80. The number of hydrogen-bond donors (Lipinski definition) is 0. The van der Waals surface area contributed by atoms with Gasteiger partial charge in [-0.05, 0) is 56.7 Å². The van der Waals surface area contributed by atoms with Gasteiger partial charge in [-0.15, -0.1) is 0 Å². The van der Waals surface area contributed by atoms with Gasteiger partial charge in [-0.1, -0.05) is 55.3 Å². The van der Waals surface area contributed by atoms with Crippen LogP contribution in [0.4, 0.5) is 0 Å². The fourth-order valence-corrected chi connectivity index (χ4v) is 4.50. The number of fused-ring (bicyclic) bond motifs is 2. The van der Waals surface area contributed by atoms with E-state index in [2.05, 4.69) is 18.7 Å². The number of carbonyl (C=O) groups is 1. The lowest BCUT2D eigenvalue weighted by Gasteiger charge is -2.26. The van der Waals surface area contributed by atoms with Crippen molar-refractivity contribution in [3.05, 3.63) is 80.2 Å². The van der Waals surface area contributed by atoms with Gasteiger partial charge in [-0.25, -0.2) is 0 Å². The molecule has 1 aliphatic rings. The maximum atomic E-state index is 13.5. The molecule has 3 aromatic rings. The Hall–Kier alpha value is -2.63. The monoisotopic (exact) mass is 438 g/mol. The third kappa shape index (κ3) is 4.00. The van der Waals surface area contributed by atoms with E-state index in [9.17, 15) is 9.59 Å². The van der Waals surface area contributed by atoms with Gasteiger partial charge < -0.3 is 14.2 Å². The van der Waals surface area contributed by atoms with Crippen molar-refractivity contribution in [3.8, 4) is 0 Å². The summed E-state index contributed by atoms with van der Waals surface area (Å²) < 4.78 is 5.97. The van der Waals surface area contributed by atoms with Gasteiger partial charge in [0.2, 0.25) is 5.76 Å². The normalized spacial score (nSPS) is 15.8. The first-order valence-corrected chi connectivity index (χ1v) is 11.2. The predicted molar refractivity (Wildman–Crippen MR) is 124 cm³/mol. The highest BCUT2D eigenvalue weighted by Gasteiger charge is 2.42. The standard InChI is InChI=1S/C25H27ClN2O3/c1-4-27(5-2)13-6-14-28-22(17-9-7-16(3)8-10-17)21-23(29)19-15-18(26)11-12-20(19)31-24(21)25(28)30/h7-12,15,22H,4-6,13-14H2,1-3H3/t22-/m0/s1. The number of carbonyl (C=O) groups excluding carboxylic acids is 1. The van der Waals surface area contributed by atoms with Crippen molar-refractivity contribution >= 4 is 28.5 Å². The Morgan fingerprint density at radius 3 is 2.45 bits per heavy atom. The number of benzene rings is 2. The van der Waals surface area contributed by atoms with Crippen LogP contribution >= 0.6 is 11.6 Å². The van der Waals surface area contributed by atoms with E-state index in [0.29, 0.717) is 28.1 Å². The molecule has 0 N–H and O–H groups in total. The quantitative estimate of drug-likeness (QED) is 0.519. The summed E-state index contributed by atoms with van der Waals surface area (Å²) in [4.78, 5) is 31.0. The lowest BCUT2D eigenvalue weighted by atomic mass is 9.97. The molecule has 1 aliphatic heterocycles. The Labute approximate surface area is 187 Å². The summed E-state index contributed by atoms with van der Waals surface area (Å²) in [7, 11) is 0. The molecule has 0 aliphatic carbocycles. The third-order valence-electron chi connectivity index (χ3n) is 6.09. The molecule has 0 radical (unpaired) electrons. The van der Waals surface area contributed by atoms with Crippen molar-refractivity contribution in [1.29, 1.82) is 0 Å². The smallest absolute Gasteiger partial charge is 0.290 e. The molecule has 2 heterocycles. The second kappa shape index (κ2) is 8.85. The van der Waals surface area contributed by atoms with Crippen LogP contribution in [0.3, 0.4) is 0 Å². The molecule has 0 saturated heterocycles. The minimum Gasteiger partial charge on any atom is -0.450 e. The van der Waals surface area contributed by atoms with Crippen molar-refractivity contribution in [2.75, 3.05) is 26.2 Å². The molecule has 31 heavy (non-hydrogen) atoms. The van der Waals surface area contributed by atoms with Crippen LogP contribution < -0.4 is 5.43 Å². The zero-order valence-electron chi connectivity index (χ0n) is 18.2. The fourth-order valence-electron chi connectivity index (χ4n) is 4.32. The highest BCUT2D eigenvalue weighted by atomic mass is 35.5. The van der Waals surface area contributed by atoms with Crippen LogP contribution in [0.15, 0.2) is 51.7 Å². The zero-order chi connectivity index (χ0) is 22.1. The molecule has 5 nitrogen and oxygen atoms in total. The lowest BCUT2D eigenvalue weighted by molar-refractivity contribution is 0.0720. The molecule has 1 aromatic heterocycles. The van der Waals surface area contributed by atoms with Crippen LogP contribution in [0, 0.1) is 6.92 Å². The Morgan fingerprint density at radius 2 is 1.77 bits per heavy atom. The van der Waals surface area contributed by atoms with Gasteiger partial charge in [-0.2, -0.15) is 0 Å². The summed E-state index contributed by atoms with van der Waals surface area (Å²) >= 11 is 6.13. The van der Waals surface area contributed by atoms with Gasteiger partial charge >= 0.3 is 0 Å². The fraction of sp³-hybridized carbons (Fsp3) is 0.360.